The summed E-state index contributed by atoms with van der Waals surface area (Å²) in [6, 6.07) is 3.94. The van der Waals surface area contributed by atoms with Gasteiger partial charge in [-0.15, -0.1) is 0 Å². The van der Waals surface area contributed by atoms with Crippen LogP contribution in [0.25, 0.3) is 0 Å². The highest BCUT2D eigenvalue weighted by molar-refractivity contribution is 9.10. The first-order valence-electron chi connectivity index (χ1n) is 7.53. The minimum atomic E-state index is -0.839. The van der Waals surface area contributed by atoms with E-state index in [0.29, 0.717) is 31.3 Å². The maximum Gasteiger partial charge on any atom is 0.317 e. The number of halogens is 1. The second-order valence-corrected chi connectivity index (χ2v) is 6.18. The van der Waals surface area contributed by atoms with Gasteiger partial charge in [0.1, 0.15) is 6.61 Å². The molecule has 0 aliphatic rings. The summed E-state index contributed by atoms with van der Waals surface area (Å²) in [6.45, 7) is 10.9. The van der Waals surface area contributed by atoms with Crippen molar-refractivity contribution in [2.75, 3.05) is 19.8 Å². The third-order valence-corrected chi connectivity index (χ3v) is 3.76. The lowest BCUT2D eigenvalue weighted by Gasteiger charge is -2.25. The van der Waals surface area contributed by atoms with Crippen molar-refractivity contribution < 1.29 is 19.4 Å². The Morgan fingerprint density at radius 1 is 1.43 bits per heavy atom. The maximum absolute atomic E-state index is 11.0. The first kappa shape index (κ1) is 19.5. The van der Waals surface area contributed by atoms with Crippen LogP contribution in [-0.2, 0) is 11.3 Å². The average Bonchev–Trinajstić information content (AvgIpc) is 2.45. The quantitative estimate of drug-likeness (QED) is 0.622. The molecule has 5 nitrogen and oxygen atoms in total. The molecule has 0 atom stereocenters. The monoisotopic (exact) mass is 385 g/mol. The van der Waals surface area contributed by atoms with E-state index in [-0.39, 0.29) is 12.6 Å². The Bertz CT molecular complexity index is 546. The van der Waals surface area contributed by atoms with E-state index in [0.717, 1.165) is 10.0 Å². The average molecular weight is 386 g/mol. The van der Waals surface area contributed by atoms with E-state index < -0.39 is 5.97 Å². The zero-order valence-electron chi connectivity index (χ0n) is 13.8. The summed E-state index contributed by atoms with van der Waals surface area (Å²) in [4.78, 5) is 12.9. The van der Waals surface area contributed by atoms with Crippen LogP contribution < -0.4 is 9.47 Å². The van der Waals surface area contributed by atoms with Crippen molar-refractivity contribution in [2.24, 2.45) is 0 Å². The van der Waals surface area contributed by atoms with Crippen molar-refractivity contribution in [1.29, 1.82) is 0 Å². The predicted molar refractivity (Wildman–Crippen MR) is 94.2 cm³/mol. The Balaban J connectivity index is 3.06. The van der Waals surface area contributed by atoms with E-state index in [2.05, 4.69) is 22.5 Å². The number of hydrogen-bond acceptors (Lipinski definition) is 4. The molecule has 0 radical (unpaired) electrons. The topological polar surface area (TPSA) is 59.0 Å². The molecular formula is C17H24BrNO4. The van der Waals surface area contributed by atoms with Gasteiger partial charge in [0.2, 0.25) is 0 Å². The molecule has 23 heavy (non-hydrogen) atoms. The molecule has 0 saturated heterocycles. The molecule has 1 aromatic carbocycles. The summed E-state index contributed by atoms with van der Waals surface area (Å²) in [7, 11) is 0. The number of carboxylic acid groups (broad SMARTS) is 1. The van der Waals surface area contributed by atoms with Crippen LogP contribution in [0.5, 0.6) is 11.5 Å². The zero-order chi connectivity index (χ0) is 17.4. The van der Waals surface area contributed by atoms with Gasteiger partial charge in [-0.25, -0.2) is 0 Å². The zero-order valence-corrected chi connectivity index (χ0v) is 15.4. The van der Waals surface area contributed by atoms with E-state index in [4.69, 9.17) is 14.6 Å². The highest BCUT2D eigenvalue weighted by Crippen LogP contribution is 2.37. The lowest BCUT2D eigenvalue weighted by atomic mass is 10.1. The van der Waals surface area contributed by atoms with Crippen LogP contribution in [0.4, 0.5) is 0 Å². The van der Waals surface area contributed by atoms with E-state index in [1.54, 1.807) is 6.08 Å². The Labute approximate surface area is 146 Å². The lowest BCUT2D eigenvalue weighted by molar-refractivity contribution is -0.138. The first-order valence-corrected chi connectivity index (χ1v) is 8.33. The van der Waals surface area contributed by atoms with Crippen LogP contribution in [0.1, 0.15) is 26.3 Å². The van der Waals surface area contributed by atoms with Crippen LogP contribution in [-0.4, -0.2) is 41.8 Å². The Kier molecular flexibility index (Phi) is 8.12. The summed E-state index contributed by atoms with van der Waals surface area (Å²) in [5, 5.41) is 9.04. The third kappa shape index (κ3) is 6.23. The number of carboxylic acids is 1. The SMILES string of the molecule is C=CCOc1c(Br)cc(CN(CC(=O)O)C(C)C)cc1OCC. The second-order valence-electron chi connectivity index (χ2n) is 5.33. The molecule has 6 heteroatoms. The van der Waals surface area contributed by atoms with Crippen molar-refractivity contribution >= 4 is 21.9 Å². The number of carbonyl (C=O) groups is 1. The normalized spacial score (nSPS) is 10.9. The van der Waals surface area contributed by atoms with Gasteiger partial charge in [0.25, 0.3) is 0 Å². The van der Waals surface area contributed by atoms with Crippen molar-refractivity contribution in [2.45, 2.75) is 33.4 Å². The number of nitrogens with zero attached hydrogens (tertiary/aromatic N) is 1. The molecule has 0 amide bonds. The Morgan fingerprint density at radius 2 is 2.13 bits per heavy atom. The van der Waals surface area contributed by atoms with Crippen molar-refractivity contribution in [3.05, 3.63) is 34.8 Å². The molecule has 1 aromatic rings. The molecule has 0 bridgehead atoms. The van der Waals surface area contributed by atoms with E-state index in [1.807, 2.05) is 37.8 Å². The van der Waals surface area contributed by atoms with E-state index in [9.17, 15) is 4.79 Å². The molecule has 0 unspecified atom stereocenters. The lowest BCUT2D eigenvalue weighted by Crippen LogP contribution is -2.35. The fraction of sp³-hybridized carbons (Fsp3) is 0.471. The molecule has 0 heterocycles. The van der Waals surface area contributed by atoms with Gasteiger partial charge in [0.15, 0.2) is 11.5 Å². The second kappa shape index (κ2) is 9.57. The number of benzene rings is 1. The van der Waals surface area contributed by atoms with E-state index >= 15 is 0 Å². The minimum Gasteiger partial charge on any atom is -0.490 e. The molecule has 0 spiro atoms. The first-order chi connectivity index (χ1) is 10.9. The summed E-state index contributed by atoms with van der Waals surface area (Å²) < 4.78 is 12.1. The Hall–Kier alpha value is -1.53. The van der Waals surface area contributed by atoms with Crippen molar-refractivity contribution in [1.82, 2.24) is 4.90 Å². The molecular weight excluding hydrogens is 362 g/mol. The summed E-state index contributed by atoms with van der Waals surface area (Å²) in [5.41, 5.74) is 0.959. The van der Waals surface area contributed by atoms with E-state index in [1.165, 1.54) is 0 Å². The van der Waals surface area contributed by atoms with Gasteiger partial charge in [0, 0.05) is 12.6 Å². The van der Waals surface area contributed by atoms with Gasteiger partial charge in [0.05, 0.1) is 17.6 Å². The van der Waals surface area contributed by atoms with Gasteiger partial charge < -0.3 is 14.6 Å². The van der Waals surface area contributed by atoms with Gasteiger partial charge in [-0.1, -0.05) is 12.7 Å². The van der Waals surface area contributed by atoms with Crippen LogP contribution in [0, 0.1) is 0 Å². The van der Waals surface area contributed by atoms with Gasteiger partial charge >= 0.3 is 5.97 Å². The third-order valence-electron chi connectivity index (χ3n) is 3.17. The number of rotatable bonds is 10. The minimum absolute atomic E-state index is 0.00598. The molecule has 1 N–H and O–H groups in total. The highest BCUT2D eigenvalue weighted by Gasteiger charge is 2.17. The largest absolute Gasteiger partial charge is 0.490 e. The molecule has 0 saturated carbocycles. The highest BCUT2D eigenvalue weighted by atomic mass is 79.9. The molecule has 0 aliphatic heterocycles. The summed E-state index contributed by atoms with van der Waals surface area (Å²) in [6.07, 6.45) is 1.67. The number of aliphatic carboxylic acids is 1. The van der Waals surface area contributed by atoms with Crippen LogP contribution >= 0.6 is 15.9 Å². The number of hydrogen-bond donors (Lipinski definition) is 1. The Morgan fingerprint density at radius 3 is 2.65 bits per heavy atom. The van der Waals surface area contributed by atoms with Gasteiger partial charge in [-0.05, 0) is 54.4 Å². The van der Waals surface area contributed by atoms with Gasteiger partial charge in [-0.3, -0.25) is 9.69 Å². The van der Waals surface area contributed by atoms with Crippen LogP contribution in [0.15, 0.2) is 29.3 Å². The molecule has 0 fully saturated rings. The van der Waals surface area contributed by atoms with Crippen molar-refractivity contribution in [3.63, 3.8) is 0 Å². The fourth-order valence-corrected chi connectivity index (χ4v) is 2.69. The molecule has 1 rings (SSSR count). The maximum atomic E-state index is 11.0. The fourth-order valence-electron chi connectivity index (χ4n) is 2.09. The van der Waals surface area contributed by atoms with Crippen LogP contribution in [0.2, 0.25) is 0 Å². The van der Waals surface area contributed by atoms with Crippen LogP contribution in [0.3, 0.4) is 0 Å². The smallest absolute Gasteiger partial charge is 0.317 e. The molecule has 128 valence electrons. The molecule has 0 aromatic heterocycles. The van der Waals surface area contributed by atoms with Gasteiger partial charge in [-0.2, -0.15) is 0 Å². The standard InChI is InChI=1S/C17H24BrNO4/c1-5-7-23-17-14(18)8-13(9-15(17)22-6-2)10-19(12(3)4)11-16(20)21/h5,8-9,12H,1,6-7,10-11H2,2-4H3,(H,20,21). The number of ether oxygens (including phenoxy) is 2. The summed E-state index contributed by atoms with van der Waals surface area (Å²) >= 11 is 3.50. The predicted octanol–water partition coefficient (Wildman–Crippen LogP) is 3.71. The summed E-state index contributed by atoms with van der Waals surface area (Å²) in [5.74, 6) is 0.427. The van der Waals surface area contributed by atoms with Crippen molar-refractivity contribution in [3.8, 4) is 11.5 Å². The molecule has 0 aliphatic carbocycles.